The molecule has 2 aromatic heterocycles. The lowest BCUT2D eigenvalue weighted by Gasteiger charge is -2.33. The van der Waals surface area contributed by atoms with E-state index in [4.69, 9.17) is 0 Å². The van der Waals surface area contributed by atoms with Crippen LogP contribution in [0.25, 0.3) is 10.2 Å². The van der Waals surface area contributed by atoms with Crippen molar-refractivity contribution in [1.29, 1.82) is 0 Å². The number of likely N-dealkylation sites (N-methyl/N-ethyl adjacent to an activating group) is 1. The van der Waals surface area contributed by atoms with Gasteiger partial charge in [0.15, 0.2) is 0 Å². The van der Waals surface area contributed by atoms with E-state index in [-0.39, 0.29) is 5.69 Å². The van der Waals surface area contributed by atoms with Gasteiger partial charge in [0.2, 0.25) is 0 Å². The standard InChI is InChI=1S/C21H22F3N5OS/c1-12-16-18(29-9-7-28(3)8-10-29)25-13(2)26-20(16)31-17(12)19(30)27-15-6-4-5-14(11-15)21(22,23)24/h4-6,11H,7-10H2,1-3H3,(H,27,30). The monoisotopic (exact) mass is 449 g/mol. The third-order valence-electron chi connectivity index (χ3n) is 5.34. The van der Waals surface area contributed by atoms with E-state index in [1.165, 1.54) is 23.5 Å². The Labute approximate surface area is 181 Å². The number of amides is 1. The van der Waals surface area contributed by atoms with E-state index in [1.807, 2.05) is 13.8 Å². The molecule has 164 valence electrons. The summed E-state index contributed by atoms with van der Waals surface area (Å²) >= 11 is 1.23. The summed E-state index contributed by atoms with van der Waals surface area (Å²) in [5.41, 5.74) is 0.0221. The number of thiophene rings is 1. The number of hydrogen-bond donors (Lipinski definition) is 1. The SMILES string of the molecule is Cc1nc(N2CCN(C)CC2)c2c(C)c(C(=O)Nc3cccc(C(F)(F)F)c3)sc2n1. The maximum atomic E-state index is 13.0. The lowest BCUT2D eigenvalue weighted by molar-refractivity contribution is -0.137. The number of alkyl halides is 3. The molecule has 6 nitrogen and oxygen atoms in total. The minimum Gasteiger partial charge on any atom is -0.353 e. The first-order valence-electron chi connectivity index (χ1n) is 9.83. The van der Waals surface area contributed by atoms with Crippen LogP contribution in [0.2, 0.25) is 0 Å². The van der Waals surface area contributed by atoms with Gasteiger partial charge in [0.1, 0.15) is 16.5 Å². The molecule has 3 heterocycles. The number of carbonyl (C=O) groups is 1. The number of piperazine rings is 1. The molecule has 1 amide bonds. The molecule has 0 atom stereocenters. The Morgan fingerprint density at radius 2 is 1.84 bits per heavy atom. The zero-order valence-electron chi connectivity index (χ0n) is 17.4. The van der Waals surface area contributed by atoms with Gasteiger partial charge < -0.3 is 15.1 Å². The fourth-order valence-electron chi connectivity index (χ4n) is 3.65. The molecule has 0 radical (unpaired) electrons. The zero-order valence-corrected chi connectivity index (χ0v) is 18.2. The van der Waals surface area contributed by atoms with Crippen LogP contribution in [-0.2, 0) is 6.18 Å². The van der Waals surface area contributed by atoms with Gasteiger partial charge in [-0.2, -0.15) is 13.2 Å². The van der Waals surface area contributed by atoms with Crippen LogP contribution in [0.15, 0.2) is 24.3 Å². The molecule has 10 heteroatoms. The number of nitrogens with zero attached hydrogens (tertiary/aromatic N) is 4. The second-order valence-electron chi connectivity index (χ2n) is 7.65. The number of carbonyl (C=O) groups excluding carboxylic acids is 1. The summed E-state index contributed by atoms with van der Waals surface area (Å²) in [6.45, 7) is 7.12. The highest BCUT2D eigenvalue weighted by atomic mass is 32.1. The number of hydrogen-bond acceptors (Lipinski definition) is 6. The Morgan fingerprint density at radius 1 is 1.13 bits per heavy atom. The average Bonchev–Trinajstić information content (AvgIpc) is 3.04. The van der Waals surface area contributed by atoms with Crippen LogP contribution >= 0.6 is 11.3 Å². The van der Waals surface area contributed by atoms with Crippen LogP contribution in [0, 0.1) is 13.8 Å². The van der Waals surface area contributed by atoms with Gasteiger partial charge in [0.25, 0.3) is 5.91 Å². The smallest absolute Gasteiger partial charge is 0.353 e. The molecular weight excluding hydrogens is 427 g/mol. The molecule has 0 saturated carbocycles. The molecular formula is C21H22F3N5OS. The minimum absolute atomic E-state index is 0.0956. The van der Waals surface area contributed by atoms with Crippen molar-refractivity contribution < 1.29 is 18.0 Å². The molecule has 0 bridgehead atoms. The molecule has 1 fully saturated rings. The molecule has 0 aliphatic carbocycles. The van der Waals surface area contributed by atoms with Crippen molar-refractivity contribution in [3.8, 4) is 0 Å². The number of anilines is 2. The topological polar surface area (TPSA) is 61.4 Å². The highest BCUT2D eigenvalue weighted by molar-refractivity contribution is 7.20. The molecule has 0 spiro atoms. The van der Waals surface area contributed by atoms with Crippen LogP contribution in [0.3, 0.4) is 0 Å². The Kier molecular flexibility index (Phi) is 5.61. The molecule has 1 aliphatic rings. The number of aryl methyl sites for hydroxylation is 2. The number of rotatable bonds is 3. The predicted molar refractivity (Wildman–Crippen MR) is 116 cm³/mol. The van der Waals surface area contributed by atoms with Crippen molar-refractivity contribution >= 4 is 39.0 Å². The van der Waals surface area contributed by atoms with Crippen LogP contribution in [0.5, 0.6) is 0 Å². The molecule has 0 unspecified atom stereocenters. The molecule has 3 aromatic rings. The van der Waals surface area contributed by atoms with Crippen LogP contribution in [0.1, 0.15) is 26.6 Å². The zero-order chi connectivity index (χ0) is 22.3. The van der Waals surface area contributed by atoms with Gasteiger partial charge in [-0.05, 0) is 44.7 Å². The van der Waals surface area contributed by atoms with Crippen molar-refractivity contribution in [2.75, 3.05) is 43.4 Å². The Balaban J connectivity index is 1.68. The van der Waals surface area contributed by atoms with Crippen LogP contribution in [0.4, 0.5) is 24.7 Å². The van der Waals surface area contributed by atoms with Gasteiger partial charge in [-0.3, -0.25) is 4.79 Å². The quantitative estimate of drug-likeness (QED) is 0.645. The van der Waals surface area contributed by atoms with Crippen molar-refractivity contribution in [3.63, 3.8) is 0 Å². The lowest BCUT2D eigenvalue weighted by atomic mass is 10.1. The molecule has 31 heavy (non-hydrogen) atoms. The number of benzene rings is 1. The van der Waals surface area contributed by atoms with Crippen molar-refractivity contribution in [2.45, 2.75) is 20.0 Å². The van der Waals surface area contributed by atoms with E-state index < -0.39 is 17.6 Å². The van der Waals surface area contributed by atoms with E-state index in [0.717, 1.165) is 55.1 Å². The number of nitrogens with one attached hydrogen (secondary N) is 1. The van der Waals surface area contributed by atoms with Crippen molar-refractivity contribution in [3.05, 3.63) is 46.1 Å². The third-order valence-corrected chi connectivity index (χ3v) is 6.52. The largest absolute Gasteiger partial charge is 0.416 e. The summed E-state index contributed by atoms with van der Waals surface area (Å²) in [5.74, 6) is 0.969. The third kappa shape index (κ3) is 4.35. The fraction of sp³-hybridized carbons (Fsp3) is 0.381. The maximum Gasteiger partial charge on any atom is 0.416 e. The first-order valence-corrected chi connectivity index (χ1v) is 10.6. The molecule has 1 N–H and O–H groups in total. The summed E-state index contributed by atoms with van der Waals surface area (Å²) in [6, 6.07) is 4.62. The molecule has 1 saturated heterocycles. The van der Waals surface area contributed by atoms with Crippen molar-refractivity contribution in [2.24, 2.45) is 0 Å². The normalized spacial score (nSPS) is 15.5. The second-order valence-corrected chi connectivity index (χ2v) is 8.65. The Hall–Kier alpha value is -2.72. The molecule has 1 aromatic carbocycles. The van der Waals surface area contributed by atoms with E-state index in [1.54, 1.807) is 0 Å². The van der Waals surface area contributed by atoms with E-state index in [2.05, 4.69) is 32.1 Å². The number of halogens is 3. The summed E-state index contributed by atoms with van der Waals surface area (Å²) in [6.07, 6.45) is -4.47. The first kappa shape index (κ1) is 21.5. The fourth-order valence-corrected chi connectivity index (χ4v) is 4.76. The molecule has 4 rings (SSSR count). The summed E-state index contributed by atoms with van der Waals surface area (Å²) < 4.78 is 38.9. The van der Waals surface area contributed by atoms with Gasteiger partial charge in [0.05, 0.1) is 15.8 Å². The highest BCUT2D eigenvalue weighted by Gasteiger charge is 2.31. The first-order chi connectivity index (χ1) is 14.6. The van der Waals surface area contributed by atoms with E-state index >= 15 is 0 Å². The van der Waals surface area contributed by atoms with Gasteiger partial charge in [-0.1, -0.05) is 6.07 Å². The Morgan fingerprint density at radius 3 is 2.52 bits per heavy atom. The Bertz CT molecular complexity index is 1140. The summed E-state index contributed by atoms with van der Waals surface area (Å²) in [4.78, 5) is 27.7. The summed E-state index contributed by atoms with van der Waals surface area (Å²) in [7, 11) is 2.07. The molecule has 1 aliphatic heterocycles. The van der Waals surface area contributed by atoms with E-state index in [0.29, 0.717) is 15.5 Å². The van der Waals surface area contributed by atoms with E-state index in [9.17, 15) is 18.0 Å². The lowest BCUT2D eigenvalue weighted by Crippen LogP contribution is -2.45. The minimum atomic E-state index is -4.47. The number of fused-ring (bicyclic) bond motifs is 1. The van der Waals surface area contributed by atoms with Gasteiger partial charge >= 0.3 is 6.18 Å². The van der Waals surface area contributed by atoms with Crippen LogP contribution < -0.4 is 10.2 Å². The van der Waals surface area contributed by atoms with Gasteiger partial charge in [-0.15, -0.1) is 11.3 Å². The van der Waals surface area contributed by atoms with Crippen LogP contribution in [-0.4, -0.2) is 54.0 Å². The highest BCUT2D eigenvalue weighted by Crippen LogP contribution is 2.36. The van der Waals surface area contributed by atoms with Crippen molar-refractivity contribution in [1.82, 2.24) is 14.9 Å². The average molecular weight is 450 g/mol. The summed E-state index contributed by atoms with van der Waals surface area (Å²) in [5, 5.41) is 3.42. The predicted octanol–water partition coefficient (Wildman–Crippen LogP) is 4.33. The number of aromatic nitrogens is 2. The van der Waals surface area contributed by atoms with Gasteiger partial charge in [0, 0.05) is 31.9 Å². The van der Waals surface area contributed by atoms with Gasteiger partial charge in [-0.25, -0.2) is 9.97 Å². The maximum absolute atomic E-state index is 13.0. The second kappa shape index (κ2) is 8.08.